The molecule has 2 heterocycles. The molecule has 1 fully saturated rings. The summed E-state index contributed by atoms with van der Waals surface area (Å²) < 4.78 is 20.9. The van der Waals surface area contributed by atoms with Crippen LogP contribution in [0.2, 0.25) is 0 Å². The summed E-state index contributed by atoms with van der Waals surface area (Å²) in [4.78, 5) is 36.0. The molecule has 3 N–H and O–H groups in total. The summed E-state index contributed by atoms with van der Waals surface area (Å²) >= 11 is 2.05. The molecular formula is C29H26FIN4O4. The molecule has 3 aromatic carbocycles. The quantitative estimate of drug-likeness (QED) is 0.170. The zero-order valence-electron chi connectivity index (χ0n) is 21.0. The number of aromatic amines is 1. The average Bonchev–Trinajstić information content (AvgIpc) is 3.53. The van der Waals surface area contributed by atoms with E-state index >= 15 is 0 Å². The van der Waals surface area contributed by atoms with Crippen molar-refractivity contribution in [1.29, 1.82) is 0 Å². The predicted octanol–water partition coefficient (Wildman–Crippen LogP) is 5.33. The molecule has 0 spiro atoms. The van der Waals surface area contributed by atoms with Crippen molar-refractivity contribution in [3.8, 4) is 17.0 Å². The van der Waals surface area contributed by atoms with Crippen molar-refractivity contribution in [2.75, 3.05) is 13.2 Å². The Kier molecular flexibility index (Phi) is 7.94. The van der Waals surface area contributed by atoms with Crippen LogP contribution in [0.5, 0.6) is 5.75 Å². The minimum Gasteiger partial charge on any atom is -0.491 e. The molecule has 5 rings (SSSR count). The van der Waals surface area contributed by atoms with Gasteiger partial charge in [-0.1, -0.05) is 49.4 Å². The SMILES string of the molecule is C[C@H](c1ccccc1)[C@@H](c1ncc(-c2ccc(I)cc2F)[nH]1)N1C(=O)N[C@H](c2ccc(OCCO)cc2)C1=O. The fourth-order valence-corrected chi connectivity index (χ4v) is 5.21. The zero-order valence-corrected chi connectivity index (χ0v) is 23.1. The van der Waals surface area contributed by atoms with Crippen LogP contribution in [-0.4, -0.2) is 45.1 Å². The third kappa shape index (κ3) is 5.52. The molecule has 0 saturated carbocycles. The summed E-state index contributed by atoms with van der Waals surface area (Å²) in [6.07, 6.45) is 1.52. The van der Waals surface area contributed by atoms with Crippen molar-refractivity contribution in [2.45, 2.75) is 24.9 Å². The topological polar surface area (TPSA) is 108 Å². The van der Waals surface area contributed by atoms with Crippen molar-refractivity contribution >= 4 is 34.5 Å². The van der Waals surface area contributed by atoms with Gasteiger partial charge < -0.3 is 20.1 Å². The highest BCUT2D eigenvalue weighted by atomic mass is 127. The first kappa shape index (κ1) is 26.8. The minimum absolute atomic E-state index is 0.112. The number of aromatic nitrogens is 2. The molecule has 0 aliphatic carbocycles. The highest BCUT2D eigenvalue weighted by Gasteiger charge is 2.46. The van der Waals surface area contributed by atoms with Crippen molar-refractivity contribution < 1.29 is 23.8 Å². The van der Waals surface area contributed by atoms with Gasteiger partial charge in [-0.2, -0.15) is 0 Å². The van der Waals surface area contributed by atoms with Crippen molar-refractivity contribution in [1.82, 2.24) is 20.2 Å². The van der Waals surface area contributed by atoms with E-state index in [9.17, 15) is 14.0 Å². The highest BCUT2D eigenvalue weighted by Crippen LogP contribution is 2.39. The van der Waals surface area contributed by atoms with E-state index in [2.05, 4.69) is 15.3 Å². The molecular weight excluding hydrogens is 614 g/mol. The lowest BCUT2D eigenvalue weighted by atomic mass is 9.91. The van der Waals surface area contributed by atoms with Gasteiger partial charge in [-0.15, -0.1) is 0 Å². The number of imidazole rings is 1. The summed E-state index contributed by atoms with van der Waals surface area (Å²) in [5.74, 6) is -0.227. The Morgan fingerprint density at radius 2 is 1.85 bits per heavy atom. The number of carbonyl (C=O) groups is 2. The summed E-state index contributed by atoms with van der Waals surface area (Å²) in [6, 6.07) is 19.0. The monoisotopic (exact) mass is 640 g/mol. The van der Waals surface area contributed by atoms with Crippen molar-refractivity contribution in [2.24, 2.45) is 0 Å². The Bertz CT molecular complexity index is 1480. The molecule has 10 heteroatoms. The van der Waals surface area contributed by atoms with Crippen LogP contribution < -0.4 is 10.1 Å². The second-order valence-electron chi connectivity index (χ2n) is 9.18. The molecule has 200 valence electrons. The third-order valence-electron chi connectivity index (χ3n) is 6.72. The van der Waals surface area contributed by atoms with Gasteiger partial charge in [-0.3, -0.25) is 9.69 Å². The first-order valence-corrected chi connectivity index (χ1v) is 13.5. The highest BCUT2D eigenvalue weighted by molar-refractivity contribution is 14.1. The Morgan fingerprint density at radius 3 is 2.54 bits per heavy atom. The largest absolute Gasteiger partial charge is 0.491 e. The first-order valence-electron chi connectivity index (χ1n) is 12.4. The van der Waals surface area contributed by atoms with Gasteiger partial charge in [-0.05, 0) is 64.0 Å². The van der Waals surface area contributed by atoms with Crippen LogP contribution in [0.3, 0.4) is 0 Å². The van der Waals surface area contributed by atoms with Gasteiger partial charge in [0.1, 0.15) is 36.1 Å². The molecule has 4 aromatic rings. The van der Waals surface area contributed by atoms with E-state index in [-0.39, 0.29) is 19.1 Å². The molecule has 8 nitrogen and oxygen atoms in total. The van der Waals surface area contributed by atoms with Crippen LogP contribution >= 0.6 is 22.6 Å². The number of H-pyrrole nitrogens is 1. The molecule has 0 unspecified atom stereocenters. The Labute approximate surface area is 238 Å². The predicted molar refractivity (Wildman–Crippen MR) is 151 cm³/mol. The maximum absolute atomic E-state index is 14.7. The number of benzene rings is 3. The smallest absolute Gasteiger partial charge is 0.325 e. The van der Waals surface area contributed by atoms with E-state index in [0.717, 1.165) is 9.13 Å². The number of hydrogen-bond acceptors (Lipinski definition) is 5. The number of imide groups is 1. The van der Waals surface area contributed by atoms with Gasteiger partial charge in [0.2, 0.25) is 0 Å². The molecule has 3 atom stereocenters. The lowest BCUT2D eigenvalue weighted by molar-refractivity contribution is -0.129. The summed E-state index contributed by atoms with van der Waals surface area (Å²) in [6.45, 7) is 1.97. The molecule has 1 aliphatic rings. The van der Waals surface area contributed by atoms with E-state index < -0.39 is 29.8 Å². The van der Waals surface area contributed by atoms with E-state index in [1.165, 1.54) is 17.2 Å². The normalized spacial score (nSPS) is 16.7. The maximum atomic E-state index is 14.7. The van der Waals surface area contributed by atoms with E-state index in [1.54, 1.807) is 36.4 Å². The number of nitrogens with one attached hydrogen (secondary N) is 2. The summed E-state index contributed by atoms with van der Waals surface area (Å²) in [5, 5.41) is 11.8. The fourth-order valence-electron chi connectivity index (χ4n) is 4.76. The Balaban J connectivity index is 1.50. The van der Waals surface area contributed by atoms with Crippen LogP contribution in [-0.2, 0) is 4.79 Å². The van der Waals surface area contributed by atoms with Gasteiger partial charge in [0.05, 0.1) is 18.5 Å². The number of rotatable bonds is 9. The Hall–Kier alpha value is -3.77. The molecule has 0 radical (unpaired) electrons. The number of nitrogens with zero attached hydrogens (tertiary/aromatic N) is 2. The van der Waals surface area contributed by atoms with Crippen molar-refractivity contribution in [3.05, 3.63) is 105 Å². The fraction of sp³-hybridized carbons (Fsp3) is 0.207. The number of aliphatic hydroxyl groups is 1. The lowest BCUT2D eigenvalue weighted by Gasteiger charge is -2.29. The minimum atomic E-state index is -0.891. The van der Waals surface area contributed by atoms with Gasteiger partial charge in [-0.25, -0.2) is 14.2 Å². The molecule has 0 bridgehead atoms. The second-order valence-corrected chi connectivity index (χ2v) is 10.4. The standard InChI is InChI=1S/C29H26FIN4O4/c1-17(18-5-3-2-4-6-18)26(27-32-16-24(33-27)22-12-9-20(31)15-23(22)30)35-28(37)25(34-29(35)38)19-7-10-21(11-8-19)39-14-13-36/h2-12,15-17,25-26,36H,13-14H2,1H3,(H,32,33)(H,34,38)/t17-,25-,26+/m1/s1. The van der Waals surface area contributed by atoms with Crippen LogP contribution in [0.1, 0.15) is 41.9 Å². The number of hydrogen-bond donors (Lipinski definition) is 3. The zero-order chi connectivity index (χ0) is 27.5. The van der Waals surface area contributed by atoms with E-state index in [4.69, 9.17) is 9.84 Å². The number of halogens is 2. The summed E-state index contributed by atoms with van der Waals surface area (Å²) in [7, 11) is 0. The number of amides is 3. The number of ether oxygens (including phenoxy) is 1. The van der Waals surface area contributed by atoms with Crippen LogP contribution in [0.25, 0.3) is 11.3 Å². The van der Waals surface area contributed by atoms with Crippen LogP contribution in [0.4, 0.5) is 9.18 Å². The van der Waals surface area contributed by atoms with Crippen molar-refractivity contribution in [3.63, 3.8) is 0 Å². The number of urea groups is 1. The van der Waals surface area contributed by atoms with Crippen LogP contribution in [0.15, 0.2) is 79.0 Å². The van der Waals surface area contributed by atoms with Gasteiger partial charge in [0, 0.05) is 15.1 Å². The molecule has 1 aromatic heterocycles. The molecule has 1 aliphatic heterocycles. The lowest BCUT2D eigenvalue weighted by Crippen LogP contribution is -2.38. The average molecular weight is 640 g/mol. The van der Waals surface area contributed by atoms with Gasteiger partial charge in [0.15, 0.2) is 0 Å². The van der Waals surface area contributed by atoms with E-state index in [1.807, 2.05) is 59.8 Å². The Morgan fingerprint density at radius 1 is 1.10 bits per heavy atom. The van der Waals surface area contributed by atoms with Crippen LogP contribution in [0, 0.1) is 9.39 Å². The second kappa shape index (κ2) is 11.5. The first-order chi connectivity index (χ1) is 18.9. The van der Waals surface area contributed by atoms with E-state index in [0.29, 0.717) is 28.4 Å². The molecule has 3 amide bonds. The summed E-state index contributed by atoms with van der Waals surface area (Å²) in [5.41, 5.74) is 2.31. The van der Waals surface area contributed by atoms with Gasteiger partial charge in [0.25, 0.3) is 5.91 Å². The number of aliphatic hydroxyl groups excluding tert-OH is 1. The third-order valence-corrected chi connectivity index (χ3v) is 7.39. The number of carbonyl (C=O) groups excluding carboxylic acids is 2. The maximum Gasteiger partial charge on any atom is 0.325 e. The molecule has 39 heavy (non-hydrogen) atoms. The van der Waals surface area contributed by atoms with Gasteiger partial charge >= 0.3 is 6.03 Å². The molecule has 1 saturated heterocycles.